The Morgan fingerprint density at radius 3 is 2.15 bits per heavy atom. The molecule has 3 aromatic carbocycles. The van der Waals surface area contributed by atoms with Crippen molar-refractivity contribution in [2.24, 2.45) is 0 Å². The summed E-state index contributed by atoms with van der Waals surface area (Å²) in [5, 5.41) is 3.03. The van der Waals surface area contributed by atoms with E-state index >= 15 is 0 Å². The van der Waals surface area contributed by atoms with Gasteiger partial charge in [-0.15, -0.1) is 0 Å². The number of nitrogens with zero attached hydrogens (tertiary/aromatic N) is 1. The minimum Gasteiger partial charge on any atom is -0.354 e. The first kappa shape index (κ1) is 24.2. The molecule has 172 valence electrons. The lowest BCUT2D eigenvalue weighted by molar-refractivity contribution is -0.140. The molecule has 0 aliphatic heterocycles. The molecule has 0 unspecified atom stereocenters. The van der Waals surface area contributed by atoms with Crippen LogP contribution in [0, 0.1) is 13.8 Å². The van der Waals surface area contributed by atoms with E-state index in [1.807, 2.05) is 81.4 Å². The number of carbonyl (C=O) groups excluding carboxylic acids is 2. The molecule has 2 amide bonds. The van der Waals surface area contributed by atoms with Crippen molar-refractivity contribution in [3.8, 4) is 0 Å². The van der Waals surface area contributed by atoms with Crippen molar-refractivity contribution in [1.82, 2.24) is 10.2 Å². The zero-order chi connectivity index (χ0) is 23.6. The number of amides is 2. The van der Waals surface area contributed by atoms with E-state index in [9.17, 15) is 9.59 Å². The van der Waals surface area contributed by atoms with Crippen molar-refractivity contribution in [2.45, 2.75) is 52.6 Å². The largest absolute Gasteiger partial charge is 0.354 e. The molecular formula is C29H34N2O2. The minimum atomic E-state index is -0.586. The molecule has 0 aliphatic rings. The summed E-state index contributed by atoms with van der Waals surface area (Å²) in [5.74, 6) is -0.147. The molecule has 0 spiro atoms. The molecule has 3 rings (SSSR count). The third-order valence-electron chi connectivity index (χ3n) is 5.86. The molecule has 0 aromatic heterocycles. The van der Waals surface area contributed by atoms with Crippen LogP contribution in [0.25, 0.3) is 0 Å². The Kier molecular flexibility index (Phi) is 8.82. The standard InChI is InChI=1S/C29H34N2O2/c1-4-17-30-29(33)27(19-24-11-7-5-8-12-24)31(21-25-13-9-6-10-14-25)28(32)20-26-18-22(2)15-16-23(26)3/h5-16,18,27H,4,17,19-21H2,1-3H3,(H,30,33)/t27-/m1/s1. The summed E-state index contributed by atoms with van der Waals surface area (Å²) in [4.78, 5) is 28.8. The quantitative estimate of drug-likeness (QED) is 0.480. The average Bonchev–Trinajstić information content (AvgIpc) is 2.83. The van der Waals surface area contributed by atoms with Gasteiger partial charge in [0.25, 0.3) is 0 Å². The van der Waals surface area contributed by atoms with Gasteiger partial charge in [-0.25, -0.2) is 0 Å². The summed E-state index contributed by atoms with van der Waals surface area (Å²) < 4.78 is 0. The zero-order valence-electron chi connectivity index (χ0n) is 19.9. The SMILES string of the molecule is CCCNC(=O)[C@@H](Cc1ccccc1)N(Cc1ccccc1)C(=O)Cc1cc(C)ccc1C. The summed E-state index contributed by atoms with van der Waals surface area (Å²) in [6.07, 6.45) is 1.59. The lowest BCUT2D eigenvalue weighted by Gasteiger charge is -2.32. The maximum absolute atomic E-state index is 13.7. The van der Waals surface area contributed by atoms with Crippen LogP contribution in [0.4, 0.5) is 0 Å². The second-order valence-electron chi connectivity index (χ2n) is 8.61. The van der Waals surface area contributed by atoms with Crippen molar-refractivity contribution < 1.29 is 9.59 Å². The molecule has 1 atom stereocenters. The molecule has 0 fully saturated rings. The van der Waals surface area contributed by atoms with E-state index < -0.39 is 6.04 Å². The third-order valence-corrected chi connectivity index (χ3v) is 5.86. The summed E-state index contributed by atoms with van der Waals surface area (Å²) in [6, 6.07) is 25.4. The Balaban J connectivity index is 1.96. The molecule has 3 aromatic rings. The topological polar surface area (TPSA) is 49.4 Å². The van der Waals surface area contributed by atoms with Crippen LogP contribution >= 0.6 is 0 Å². The number of hydrogen-bond acceptors (Lipinski definition) is 2. The van der Waals surface area contributed by atoms with Crippen molar-refractivity contribution >= 4 is 11.8 Å². The number of nitrogens with one attached hydrogen (secondary N) is 1. The number of rotatable bonds is 10. The number of carbonyl (C=O) groups is 2. The summed E-state index contributed by atoms with van der Waals surface area (Å²) in [5.41, 5.74) is 5.26. The number of aryl methyl sites for hydroxylation is 2. The molecular weight excluding hydrogens is 408 g/mol. The summed E-state index contributed by atoms with van der Waals surface area (Å²) in [7, 11) is 0. The minimum absolute atomic E-state index is 0.0415. The highest BCUT2D eigenvalue weighted by atomic mass is 16.2. The van der Waals surface area contributed by atoms with Crippen LogP contribution in [0.2, 0.25) is 0 Å². The molecule has 4 nitrogen and oxygen atoms in total. The van der Waals surface area contributed by atoms with Crippen molar-refractivity contribution in [3.63, 3.8) is 0 Å². The van der Waals surface area contributed by atoms with Gasteiger partial charge < -0.3 is 10.2 Å². The molecule has 0 bridgehead atoms. The lowest BCUT2D eigenvalue weighted by atomic mass is 9.99. The summed E-state index contributed by atoms with van der Waals surface area (Å²) in [6.45, 7) is 7.07. The van der Waals surface area contributed by atoms with Crippen LogP contribution in [0.5, 0.6) is 0 Å². The maximum Gasteiger partial charge on any atom is 0.243 e. The first-order valence-corrected chi connectivity index (χ1v) is 11.7. The highest BCUT2D eigenvalue weighted by Gasteiger charge is 2.30. The van der Waals surface area contributed by atoms with Gasteiger partial charge in [0.05, 0.1) is 6.42 Å². The fraction of sp³-hybridized carbons (Fsp3) is 0.310. The van der Waals surface area contributed by atoms with Gasteiger partial charge in [0.1, 0.15) is 6.04 Å². The van der Waals surface area contributed by atoms with Crippen LogP contribution in [-0.2, 0) is 29.0 Å². The van der Waals surface area contributed by atoms with E-state index in [-0.39, 0.29) is 18.2 Å². The first-order valence-electron chi connectivity index (χ1n) is 11.7. The van der Waals surface area contributed by atoms with E-state index in [4.69, 9.17) is 0 Å². The van der Waals surface area contributed by atoms with Crippen LogP contribution in [0.1, 0.15) is 41.2 Å². The lowest BCUT2D eigenvalue weighted by Crippen LogP contribution is -2.51. The molecule has 1 N–H and O–H groups in total. The van der Waals surface area contributed by atoms with E-state index in [0.717, 1.165) is 34.2 Å². The second-order valence-corrected chi connectivity index (χ2v) is 8.61. The summed E-state index contributed by atoms with van der Waals surface area (Å²) >= 11 is 0. The molecule has 0 aliphatic carbocycles. The van der Waals surface area contributed by atoms with Gasteiger partial charge in [0, 0.05) is 19.5 Å². The monoisotopic (exact) mass is 442 g/mol. The van der Waals surface area contributed by atoms with Crippen molar-refractivity contribution in [3.05, 3.63) is 107 Å². The smallest absolute Gasteiger partial charge is 0.243 e. The number of benzene rings is 3. The molecule has 4 heteroatoms. The van der Waals surface area contributed by atoms with Gasteiger partial charge >= 0.3 is 0 Å². The normalized spacial score (nSPS) is 11.6. The fourth-order valence-corrected chi connectivity index (χ4v) is 3.96. The number of hydrogen-bond donors (Lipinski definition) is 1. The Morgan fingerprint density at radius 1 is 0.879 bits per heavy atom. The van der Waals surface area contributed by atoms with E-state index in [2.05, 4.69) is 23.5 Å². The predicted molar refractivity (Wildman–Crippen MR) is 134 cm³/mol. The van der Waals surface area contributed by atoms with E-state index in [1.54, 1.807) is 4.90 Å². The Hall–Kier alpha value is -3.40. The zero-order valence-corrected chi connectivity index (χ0v) is 19.9. The second kappa shape index (κ2) is 12.0. The maximum atomic E-state index is 13.7. The van der Waals surface area contributed by atoms with Crippen molar-refractivity contribution in [1.29, 1.82) is 0 Å². The Labute approximate surface area is 197 Å². The van der Waals surface area contributed by atoms with Gasteiger partial charge in [-0.2, -0.15) is 0 Å². The van der Waals surface area contributed by atoms with Gasteiger partial charge in [0.15, 0.2) is 0 Å². The highest BCUT2D eigenvalue weighted by Crippen LogP contribution is 2.18. The van der Waals surface area contributed by atoms with E-state index in [0.29, 0.717) is 19.5 Å². The molecule has 0 saturated heterocycles. The Bertz CT molecular complexity index is 1050. The van der Waals surface area contributed by atoms with Gasteiger partial charge in [-0.05, 0) is 42.5 Å². The van der Waals surface area contributed by atoms with Crippen LogP contribution in [0.3, 0.4) is 0 Å². The third kappa shape index (κ3) is 7.04. The van der Waals surface area contributed by atoms with Crippen LogP contribution in [-0.4, -0.2) is 29.3 Å². The Morgan fingerprint density at radius 2 is 1.52 bits per heavy atom. The van der Waals surface area contributed by atoms with Crippen LogP contribution in [0.15, 0.2) is 78.9 Å². The van der Waals surface area contributed by atoms with Crippen LogP contribution < -0.4 is 5.32 Å². The molecule has 0 heterocycles. The molecule has 33 heavy (non-hydrogen) atoms. The predicted octanol–water partition coefficient (Wildman–Crippen LogP) is 5.01. The van der Waals surface area contributed by atoms with Gasteiger partial charge in [0.2, 0.25) is 11.8 Å². The highest BCUT2D eigenvalue weighted by molar-refractivity contribution is 5.89. The van der Waals surface area contributed by atoms with E-state index in [1.165, 1.54) is 0 Å². The molecule has 0 radical (unpaired) electrons. The van der Waals surface area contributed by atoms with Gasteiger partial charge in [-0.1, -0.05) is 91.3 Å². The van der Waals surface area contributed by atoms with Gasteiger partial charge in [-0.3, -0.25) is 9.59 Å². The fourth-order valence-electron chi connectivity index (χ4n) is 3.96. The average molecular weight is 443 g/mol. The first-order chi connectivity index (χ1) is 16.0. The molecule has 0 saturated carbocycles. The van der Waals surface area contributed by atoms with Crippen molar-refractivity contribution in [2.75, 3.05) is 6.54 Å².